The fraction of sp³-hybridized carbons (Fsp3) is 0.350. The van der Waals surface area contributed by atoms with Gasteiger partial charge in [0.2, 0.25) is 0 Å². The Bertz CT molecular complexity index is 712. The SMILES string of the molecule is O=C(O)CCCc1ccc(OCCCC(F)(F)F)c(-c2ccccc2)c1. The van der Waals surface area contributed by atoms with E-state index in [9.17, 15) is 18.0 Å². The van der Waals surface area contributed by atoms with E-state index in [0.717, 1.165) is 16.7 Å². The number of benzene rings is 2. The van der Waals surface area contributed by atoms with Gasteiger partial charge in [-0.3, -0.25) is 4.79 Å². The maximum absolute atomic E-state index is 12.3. The van der Waals surface area contributed by atoms with Gasteiger partial charge < -0.3 is 9.84 Å². The van der Waals surface area contributed by atoms with Gasteiger partial charge in [0, 0.05) is 18.4 Å². The van der Waals surface area contributed by atoms with Gasteiger partial charge in [0.25, 0.3) is 0 Å². The zero-order valence-electron chi connectivity index (χ0n) is 14.3. The maximum atomic E-state index is 12.3. The maximum Gasteiger partial charge on any atom is 0.389 e. The van der Waals surface area contributed by atoms with Crippen molar-refractivity contribution in [3.63, 3.8) is 0 Å². The molecular formula is C20H21F3O3. The molecule has 0 bridgehead atoms. The number of carboxylic acids is 1. The van der Waals surface area contributed by atoms with Gasteiger partial charge in [-0.15, -0.1) is 0 Å². The predicted octanol–water partition coefficient (Wildman–Crippen LogP) is 5.48. The highest BCUT2D eigenvalue weighted by atomic mass is 19.4. The van der Waals surface area contributed by atoms with E-state index >= 15 is 0 Å². The Morgan fingerprint density at radius 1 is 1.04 bits per heavy atom. The van der Waals surface area contributed by atoms with Crippen LogP contribution >= 0.6 is 0 Å². The topological polar surface area (TPSA) is 46.5 Å². The summed E-state index contributed by atoms with van der Waals surface area (Å²) in [7, 11) is 0. The summed E-state index contributed by atoms with van der Waals surface area (Å²) in [5.41, 5.74) is 2.66. The molecule has 140 valence electrons. The second-order valence-electron chi connectivity index (χ2n) is 6.01. The molecule has 0 spiro atoms. The van der Waals surface area contributed by atoms with Crippen molar-refractivity contribution in [1.82, 2.24) is 0 Å². The van der Waals surface area contributed by atoms with Crippen molar-refractivity contribution < 1.29 is 27.8 Å². The summed E-state index contributed by atoms with van der Waals surface area (Å²) in [5.74, 6) is -0.307. The van der Waals surface area contributed by atoms with Gasteiger partial charge in [-0.1, -0.05) is 36.4 Å². The molecule has 26 heavy (non-hydrogen) atoms. The van der Waals surface area contributed by atoms with Crippen LogP contribution in [0.5, 0.6) is 5.75 Å². The van der Waals surface area contributed by atoms with E-state index in [-0.39, 0.29) is 19.4 Å². The first-order chi connectivity index (χ1) is 12.3. The van der Waals surface area contributed by atoms with Crippen LogP contribution in [0.15, 0.2) is 48.5 Å². The molecule has 3 nitrogen and oxygen atoms in total. The Morgan fingerprint density at radius 3 is 2.42 bits per heavy atom. The molecule has 0 fully saturated rings. The van der Waals surface area contributed by atoms with Crippen LogP contribution in [-0.2, 0) is 11.2 Å². The smallest absolute Gasteiger partial charge is 0.389 e. The van der Waals surface area contributed by atoms with E-state index in [4.69, 9.17) is 9.84 Å². The first kappa shape index (κ1) is 19.8. The number of alkyl halides is 3. The Balaban J connectivity index is 2.11. The zero-order valence-corrected chi connectivity index (χ0v) is 14.3. The van der Waals surface area contributed by atoms with E-state index < -0.39 is 18.6 Å². The molecule has 0 saturated heterocycles. The summed E-state index contributed by atoms with van der Waals surface area (Å²) >= 11 is 0. The van der Waals surface area contributed by atoms with Crippen LogP contribution in [0, 0.1) is 0 Å². The first-order valence-corrected chi connectivity index (χ1v) is 8.45. The highest BCUT2D eigenvalue weighted by Crippen LogP contribution is 2.32. The van der Waals surface area contributed by atoms with Crippen molar-refractivity contribution in [3.8, 4) is 16.9 Å². The lowest BCUT2D eigenvalue weighted by molar-refractivity contribution is -0.137. The Kier molecular flexibility index (Phi) is 7.06. The van der Waals surface area contributed by atoms with Crippen molar-refractivity contribution >= 4 is 5.97 Å². The fourth-order valence-electron chi connectivity index (χ4n) is 2.60. The third-order valence-corrected chi connectivity index (χ3v) is 3.85. The van der Waals surface area contributed by atoms with E-state index in [2.05, 4.69) is 0 Å². The van der Waals surface area contributed by atoms with Crippen molar-refractivity contribution in [2.24, 2.45) is 0 Å². The van der Waals surface area contributed by atoms with Crippen molar-refractivity contribution in [1.29, 1.82) is 0 Å². The predicted molar refractivity (Wildman–Crippen MR) is 93.2 cm³/mol. The van der Waals surface area contributed by atoms with Crippen molar-refractivity contribution in [2.45, 2.75) is 38.3 Å². The van der Waals surface area contributed by atoms with Gasteiger partial charge in [0.15, 0.2) is 0 Å². The van der Waals surface area contributed by atoms with Crippen LogP contribution in [0.2, 0.25) is 0 Å². The normalized spacial score (nSPS) is 11.3. The molecular weight excluding hydrogens is 345 g/mol. The van der Waals surface area contributed by atoms with Crippen LogP contribution in [0.25, 0.3) is 11.1 Å². The molecule has 6 heteroatoms. The van der Waals surface area contributed by atoms with Crippen LogP contribution in [0.4, 0.5) is 13.2 Å². The molecule has 0 atom stereocenters. The molecule has 0 aliphatic rings. The number of aryl methyl sites for hydroxylation is 1. The lowest BCUT2D eigenvalue weighted by Crippen LogP contribution is -2.10. The standard InChI is InChI=1S/C20H21F3O3/c21-20(22,23)12-5-13-26-18-11-10-15(6-4-9-19(24)25)14-17(18)16-7-2-1-3-8-16/h1-3,7-8,10-11,14H,4-6,9,12-13H2,(H,24,25). The highest BCUT2D eigenvalue weighted by molar-refractivity contribution is 5.71. The monoisotopic (exact) mass is 366 g/mol. The number of hydrogen-bond donors (Lipinski definition) is 1. The molecule has 2 aromatic rings. The number of carboxylic acid groups (broad SMARTS) is 1. The number of carbonyl (C=O) groups is 1. The number of rotatable bonds is 9. The average Bonchev–Trinajstić information content (AvgIpc) is 2.59. The molecule has 0 amide bonds. The van der Waals surface area contributed by atoms with Crippen LogP contribution in [0.1, 0.15) is 31.2 Å². The highest BCUT2D eigenvalue weighted by Gasteiger charge is 2.26. The van der Waals surface area contributed by atoms with Gasteiger partial charge in [0.05, 0.1) is 6.61 Å². The molecule has 2 rings (SSSR count). The molecule has 0 aromatic heterocycles. The quantitative estimate of drug-likeness (QED) is 0.598. The van der Waals surface area contributed by atoms with Crippen molar-refractivity contribution in [3.05, 3.63) is 54.1 Å². The second-order valence-corrected chi connectivity index (χ2v) is 6.01. The summed E-state index contributed by atoms with van der Waals surface area (Å²) in [4.78, 5) is 10.6. The molecule has 0 unspecified atom stereocenters. The number of hydrogen-bond acceptors (Lipinski definition) is 2. The van der Waals surface area contributed by atoms with Gasteiger partial charge in [-0.05, 0) is 42.5 Å². The molecule has 0 aliphatic heterocycles. The zero-order chi connectivity index (χ0) is 19.0. The van der Waals surface area contributed by atoms with E-state index in [0.29, 0.717) is 18.6 Å². The van der Waals surface area contributed by atoms with Gasteiger partial charge >= 0.3 is 12.1 Å². The van der Waals surface area contributed by atoms with Gasteiger partial charge in [0.1, 0.15) is 5.75 Å². The molecule has 2 aromatic carbocycles. The van der Waals surface area contributed by atoms with Crippen molar-refractivity contribution in [2.75, 3.05) is 6.61 Å². The number of aliphatic carboxylic acids is 1. The molecule has 0 radical (unpaired) electrons. The lowest BCUT2D eigenvalue weighted by Gasteiger charge is -2.14. The largest absolute Gasteiger partial charge is 0.493 e. The fourth-order valence-corrected chi connectivity index (χ4v) is 2.60. The second kappa shape index (κ2) is 9.27. The Hall–Kier alpha value is -2.50. The molecule has 0 saturated carbocycles. The lowest BCUT2D eigenvalue weighted by atomic mass is 9.99. The minimum atomic E-state index is -4.18. The Labute approximate surface area is 150 Å². The minimum absolute atomic E-state index is 0.0162. The summed E-state index contributed by atoms with van der Waals surface area (Å²) < 4.78 is 42.4. The van der Waals surface area contributed by atoms with Gasteiger partial charge in [-0.25, -0.2) is 0 Å². The molecule has 0 heterocycles. The molecule has 1 N–H and O–H groups in total. The third-order valence-electron chi connectivity index (χ3n) is 3.85. The number of ether oxygens (including phenoxy) is 1. The molecule has 0 aliphatic carbocycles. The van der Waals surface area contributed by atoms with E-state index in [1.54, 1.807) is 6.07 Å². The Morgan fingerprint density at radius 2 is 1.77 bits per heavy atom. The van der Waals surface area contributed by atoms with Crippen LogP contribution < -0.4 is 4.74 Å². The summed E-state index contributed by atoms with van der Waals surface area (Å²) in [6, 6.07) is 14.9. The number of halogens is 3. The minimum Gasteiger partial charge on any atom is -0.493 e. The summed E-state index contributed by atoms with van der Waals surface area (Å²) in [6.07, 6.45) is -3.93. The van der Waals surface area contributed by atoms with Crippen LogP contribution in [0.3, 0.4) is 0 Å². The summed E-state index contributed by atoms with van der Waals surface area (Å²) in [6.45, 7) is -0.0162. The van der Waals surface area contributed by atoms with E-state index in [1.807, 2.05) is 42.5 Å². The summed E-state index contributed by atoms with van der Waals surface area (Å²) in [5, 5.41) is 8.75. The van der Waals surface area contributed by atoms with Crippen LogP contribution in [-0.4, -0.2) is 23.9 Å². The van der Waals surface area contributed by atoms with Gasteiger partial charge in [-0.2, -0.15) is 13.2 Å². The average molecular weight is 366 g/mol. The van der Waals surface area contributed by atoms with E-state index in [1.165, 1.54) is 0 Å². The third kappa shape index (κ3) is 6.78. The first-order valence-electron chi connectivity index (χ1n) is 8.45.